The van der Waals surface area contributed by atoms with Crippen LogP contribution in [0.3, 0.4) is 0 Å². The minimum atomic E-state index is -5.22. The second-order valence-electron chi connectivity index (χ2n) is 10.4. The summed E-state index contributed by atoms with van der Waals surface area (Å²) in [5.74, 6) is 0.00660. The van der Waals surface area contributed by atoms with Crippen LogP contribution in [0, 0.1) is 0 Å². The van der Waals surface area contributed by atoms with Gasteiger partial charge in [0.1, 0.15) is 48.5 Å². The SMILES string of the molecule is CO[C@@H]1[C@H](OP(=O)(O)OC[C@H]2O[C@@H](n3ccc(=O)[nH]c3=O)[C@H](O)[C@@H]2O)[C@@H](COP(=O)(O)OP(C)(=O)O)O[C@H]1n1cnc2c(N)ncnc21. The maximum atomic E-state index is 13.2. The van der Waals surface area contributed by atoms with Crippen molar-refractivity contribution in [3.63, 3.8) is 0 Å². The number of aliphatic hydroxyl groups is 2. The summed E-state index contributed by atoms with van der Waals surface area (Å²) in [4.78, 5) is 67.5. The normalized spacial score (nSPS) is 31.4. The second kappa shape index (κ2) is 13.9. The van der Waals surface area contributed by atoms with E-state index in [0.717, 1.165) is 23.2 Å². The van der Waals surface area contributed by atoms with Crippen molar-refractivity contribution >= 4 is 40.2 Å². The van der Waals surface area contributed by atoms with E-state index in [1.165, 1.54) is 18.0 Å². The number of methoxy groups -OCH3 is 1. The highest BCUT2D eigenvalue weighted by atomic mass is 31.3. The van der Waals surface area contributed by atoms with Crippen LogP contribution >= 0.6 is 23.2 Å². The molecule has 0 spiro atoms. The van der Waals surface area contributed by atoms with Gasteiger partial charge in [0, 0.05) is 26.0 Å². The van der Waals surface area contributed by atoms with E-state index in [2.05, 4.69) is 19.3 Å². The summed E-state index contributed by atoms with van der Waals surface area (Å²) in [7, 11) is -13.8. The molecule has 8 N–H and O–H groups in total. The number of fused-ring (bicyclic) bond motifs is 1. The van der Waals surface area contributed by atoms with Gasteiger partial charge in [0.05, 0.1) is 19.5 Å². The average molecular weight is 745 g/mol. The Morgan fingerprint density at radius 2 is 1.60 bits per heavy atom. The van der Waals surface area contributed by atoms with Gasteiger partial charge in [-0.2, -0.15) is 0 Å². The lowest BCUT2D eigenvalue weighted by molar-refractivity contribution is -0.0610. The molecular weight excluding hydrogens is 715 g/mol. The number of nitrogens with one attached hydrogen (secondary N) is 1. The third kappa shape index (κ3) is 7.99. The van der Waals surface area contributed by atoms with E-state index in [0.29, 0.717) is 6.66 Å². The Morgan fingerprint density at radius 3 is 2.27 bits per heavy atom. The van der Waals surface area contributed by atoms with Crippen molar-refractivity contribution in [3.05, 3.63) is 45.8 Å². The van der Waals surface area contributed by atoms with Gasteiger partial charge in [-0.1, -0.05) is 0 Å². The fraction of sp³-hybridized carbons (Fsp3) is 0.571. The number of nitrogens with zero attached hydrogens (tertiary/aromatic N) is 5. The Kier molecular flexibility index (Phi) is 10.5. The molecule has 2 aliphatic rings. The number of anilines is 1. The van der Waals surface area contributed by atoms with Crippen molar-refractivity contribution in [1.29, 1.82) is 0 Å². The average Bonchev–Trinajstić information content (AvgIpc) is 3.64. The molecule has 266 valence electrons. The van der Waals surface area contributed by atoms with Crippen molar-refractivity contribution < 1.29 is 70.7 Å². The summed E-state index contributed by atoms with van der Waals surface area (Å²) >= 11 is 0. The Bertz CT molecular complexity index is 1900. The van der Waals surface area contributed by atoms with E-state index >= 15 is 0 Å². The summed E-state index contributed by atoms with van der Waals surface area (Å²) in [6, 6.07) is 0.966. The highest BCUT2D eigenvalue weighted by Gasteiger charge is 2.52. The number of nitrogens with two attached hydrogens (primary N) is 1. The number of aromatic amines is 1. The summed E-state index contributed by atoms with van der Waals surface area (Å²) < 4.78 is 75.5. The van der Waals surface area contributed by atoms with Gasteiger partial charge in [-0.3, -0.25) is 37.0 Å². The molecule has 0 aromatic carbocycles. The first-order valence-corrected chi connectivity index (χ1v) is 18.5. The molecular formula is C21H30N7O17P3. The number of phosphoric acid groups is 2. The lowest BCUT2D eigenvalue weighted by atomic mass is 10.1. The maximum absolute atomic E-state index is 13.2. The number of rotatable bonds is 13. The minimum absolute atomic E-state index is 0.00660. The summed E-state index contributed by atoms with van der Waals surface area (Å²) in [6.07, 6.45) is -8.96. The zero-order valence-corrected chi connectivity index (χ0v) is 27.3. The Balaban J connectivity index is 1.36. The quantitative estimate of drug-likeness (QED) is 0.0925. The number of aliphatic hydroxyl groups excluding tert-OH is 2. The van der Waals surface area contributed by atoms with Crippen molar-refractivity contribution in [1.82, 2.24) is 29.1 Å². The zero-order valence-electron chi connectivity index (χ0n) is 24.6. The number of hydrogen-bond acceptors (Lipinski definition) is 18. The highest BCUT2D eigenvalue weighted by molar-refractivity contribution is 7.63. The molecule has 11 atom stereocenters. The van der Waals surface area contributed by atoms with Gasteiger partial charge in [0.15, 0.2) is 23.9 Å². The molecule has 3 aromatic heterocycles. The lowest BCUT2D eigenvalue weighted by Gasteiger charge is -2.26. The van der Waals surface area contributed by atoms with Crippen LogP contribution in [0.25, 0.3) is 11.2 Å². The Morgan fingerprint density at radius 1 is 0.938 bits per heavy atom. The molecule has 5 heterocycles. The van der Waals surface area contributed by atoms with Gasteiger partial charge >= 0.3 is 28.9 Å². The molecule has 0 bridgehead atoms. The third-order valence-electron chi connectivity index (χ3n) is 6.99. The van der Waals surface area contributed by atoms with Crippen molar-refractivity contribution in [2.45, 2.75) is 49.1 Å². The summed E-state index contributed by atoms with van der Waals surface area (Å²) in [6.45, 7) is -1.19. The molecule has 24 nitrogen and oxygen atoms in total. The Hall–Kier alpha value is -2.76. The van der Waals surface area contributed by atoms with Gasteiger partial charge in [-0.15, -0.1) is 0 Å². The lowest BCUT2D eigenvalue weighted by Crippen LogP contribution is -2.38. The van der Waals surface area contributed by atoms with E-state index < -0.39 is 96.8 Å². The van der Waals surface area contributed by atoms with Crippen molar-refractivity contribution in [3.8, 4) is 0 Å². The first kappa shape index (κ1) is 36.5. The monoisotopic (exact) mass is 745 g/mol. The first-order chi connectivity index (χ1) is 22.4. The van der Waals surface area contributed by atoms with Gasteiger partial charge in [-0.25, -0.2) is 33.2 Å². The maximum Gasteiger partial charge on any atom is 0.479 e. The third-order valence-corrected chi connectivity index (χ3v) is 10.5. The van der Waals surface area contributed by atoms with E-state index in [9.17, 15) is 48.2 Å². The van der Waals surface area contributed by atoms with Crippen LogP contribution in [-0.4, -0.2) is 118 Å². The van der Waals surface area contributed by atoms with Crippen LogP contribution in [0.1, 0.15) is 12.5 Å². The molecule has 0 radical (unpaired) electrons. The highest BCUT2D eigenvalue weighted by Crippen LogP contribution is 2.58. The fourth-order valence-corrected chi connectivity index (χ4v) is 7.97. The number of hydrogen-bond donors (Lipinski definition) is 7. The topological polar surface area (TPSA) is 341 Å². The smallest absolute Gasteiger partial charge is 0.387 e. The van der Waals surface area contributed by atoms with E-state index in [1.807, 2.05) is 4.98 Å². The van der Waals surface area contributed by atoms with Gasteiger partial charge in [0.25, 0.3) is 5.56 Å². The van der Waals surface area contributed by atoms with Crippen LogP contribution in [0.4, 0.5) is 5.82 Å². The number of H-pyrrole nitrogens is 1. The predicted octanol–water partition coefficient (Wildman–Crippen LogP) is -2.06. The van der Waals surface area contributed by atoms with Crippen LogP contribution in [-0.2, 0) is 45.8 Å². The number of imidazole rings is 1. The number of aromatic nitrogens is 6. The molecule has 0 aliphatic carbocycles. The van der Waals surface area contributed by atoms with Crippen molar-refractivity contribution in [2.75, 3.05) is 32.7 Å². The molecule has 2 aliphatic heterocycles. The van der Waals surface area contributed by atoms with Gasteiger partial charge in [0.2, 0.25) is 0 Å². The number of phosphoric ester groups is 2. The van der Waals surface area contributed by atoms with Crippen LogP contribution in [0.5, 0.6) is 0 Å². The number of ether oxygens (including phenoxy) is 3. The molecule has 2 fully saturated rings. The van der Waals surface area contributed by atoms with Crippen LogP contribution in [0.2, 0.25) is 0 Å². The second-order valence-corrected chi connectivity index (χ2v) is 15.3. The molecule has 5 rings (SSSR count). The summed E-state index contributed by atoms with van der Waals surface area (Å²) in [5.41, 5.74) is 4.44. The van der Waals surface area contributed by atoms with Crippen LogP contribution in [0.15, 0.2) is 34.5 Å². The molecule has 0 saturated carbocycles. The van der Waals surface area contributed by atoms with E-state index in [-0.39, 0.29) is 17.0 Å². The van der Waals surface area contributed by atoms with Gasteiger partial charge in [-0.05, 0) is 0 Å². The van der Waals surface area contributed by atoms with Crippen LogP contribution < -0.4 is 17.0 Å². The fourth-order valence-electron chi connectivity index (χ4n) is 4.96. The minimum Gasteiger partial charge on any atom is -0.387 e. The molecule has 48 heavy (non-hydrogen) atoms. The predicted molar refractivity (Wildman–Crippen MR) is 155 cm³/mol. The largest absolute Gasteiger partial charge is 0.479 e. The number of nitrogen functional groups attached to an aromatic ring is 1. The van der Waals surface area contributed by atoms with Gasteiger partial charge < -0.3 is 44.8 Å². The first-order valence-electron chi connectivity index (χ1n) is 13.5. The zero-order chi connectivity index (χ0) is 35.2. The van der Waals surface area contributed by atoms with E-state index in [1.54, 1.807) is 0 Å². The molecule has 27 heteroatoms. The Labute approximate surface area is 267 Å². The van der Waals surface area contributed by atoms with E-state index in [4.69, 9.17) is 33.5 Å². The molecule has 0 amide bonds. The molecule has 3 unspecified atom stereocenters. The standard InChI is InChI=1S/C21H30N7O17P3/c1-39-16-15(44-47(35,36)40-5-9-13(30)14(31)19(42-9)27-4-3-11(29)26-21(27)32)10(6-41-48(37,38)45-46(2,33)34)43-20(16)28-8-25-12-17(22)23-7-24-18(12)28/h3-4,7-10,13-16,19-20,30-31H,5-6H2,1-2H3,(H,33,34)(H,35,36)(H,37,38)(H2,22,23,24)(H,26,29,32)/t9-,10-,13-,14-,15-,16-,19-,20-/m1/s1. The molecule has 3 aromatic rings. The van der Waals surface area contributed by atoms with Crippen molar-refractivity contribution in [2.24, 2.45) is 0 Å². The summed E-state index contributed by atoms with van der Waals surface area (Å²) in [5, 5.41) is 20.9. The molecule has 2 saturated heterocycles.